The molecule has 0 atom stereocenters. The molecular formula is C17H15ClN2O. The lowest BCUT2D eigenvalue weighted by Gasteiger charge is -2.08. The largest absolute Gasteiger partial charge is 0.359 e. The Kier molecular flexibility index (Phi) is 2.89. The number of H-pyrrole nitrogens is 1. The van der Waals surface area contributed by atoms with Gasteiger partial charge >= 0.3 is 0 Å². The fraction of sp³-hybridized carbons (Fsp3) is 0.235. The van der Waals surface area contributed by atoms with E-state index in [1.807, 2.05) is 18.2 Å². The maximum Gasteiger partial charge on any atom is 0.256 e. The molecule has 4 rings (SSSR count). The molecule has 3 nitrogen and oxygen atoms in total. The van der Waals surface area contributed by atoms with Crippen molar-refractivity contribution in [3.05, 3.63) is 51.8 Å². The van der Waals surface area contributed by atoms with Crippen molar-refractivity contribution in [2.24, 2.45) is 0 Å². The molecular weight excluding hydrogens is 284 g/mol. The summed E-state index contributed by atoms with van der Waals surface area (Å²) in [4.78, 5) is 15.6. The third-order valence-corrected chi connectivity index (χ3v) is 4.44. The quantitative estimate of drug-likeness (QED) is 0.767. The molecule has 1 aromatic heterocycles. The number of halogens is 1. The number of rotatable bonds is 1. The van der Waals surface area contributed by atoms with Crippen LogP contribution in [0.3, 0.4) is 0 Å². The van der Waals surface area contributed by atoms with Gasteiger partial charge in [0, 0.05) is 27.7 Å². The van der Waals surface area contributed by atoms with Crippen LogP contribution >= 0.6 is 11.6 Å². The van der Waals surface area contributed by atoms with Gasteiger partial charge < -0.3 is 10.3 Å². The maximum absolute atomic E-state index is 12.2. The Labute approximate surface area is 128 Å². The molecule has 0 unspecified atom stereocenters. The van der Waals surface area contributed by atoms with E-state index in [1.54, 1.807) is 6.07 Å². The van der Waals surface area contributed by atoms with Gasteiger partial charge in [0.15, 0.2) is 0 Å². The second-order valence-corrected chi connectivity index (χ2v) is 6.07. The van der Waals surface area contributed by atoms with E-state index >= 15 is 0 Å². The number of benzene rings is 1. The number of hydrogen-bond donors (Lipinski definition) is 2. The number of hydrogen-bond acceptors (Lipinski definition) is 1. The third kappa shape index (κ3) is 2.18. The highest BCUT2D eigenvalue weighted by molar-refractivity contribution is 6.36. The Balaban J connectivity index is 1.78. The smallest absolute Gasteiger partial charge is 0.256 e. The summed E-state index contributed by atoms with van der Waals surface area (Å²) in [6.07, 6.45) is 6.65. The summed E-state index contributed by atoms with van der Waals surface area (Å²) in [5.41, 5.74) is 6.08. The zero-order chi connectivity index (χ0) is 14.4. The molecule has 106 valence electrons. The van der Waals surface area contributed by atoms with Gasteiger partial charge in [-0.1, -0.05) is 11.6 Å². The molecule has 1 aromatic carbocycles. The number of aromatic amines is 1. The van der Waals surface area contributed by atoms with Crippen LogP contribution in [0.25, 0.3) is 11.6 Å². The number of aryl methyl sites for hydroxylation is 2. The second-order valence-electron chi connectivity index (χ2n) is 5.64. The molecule has 4 heteroatoms. The summed E-state index contributed by atoms with van der Waals surface area (Å²) in [6, 6.07) is 7.63. The van der Waals surface area contributed by atoms with E-state index in [2.05, 4.69) is 16.4 Å². The molecule has 2 aromatic rings. The van der Waals surface area contributed by atoms with Crippen molar-refractivity contribution in [3.63, 3.8) is 0 Å². The molecule has 1 amide bonds. The highest BCUT2D eigenvalue weighted by atomic mass is 35.5. The molecule has 0 saturated carbocycles. The zero-order valence-electron chi connectivity index (χ0n) is 11.5. The van der Waals surface area contributed by atoms with E-state index in [0.717, 1.165) is 29.8 Å². The van der Waals surface area contributed by atoms with Gasteiger partial charge in [-0.3, -0.25) is 4.79 Å². The van der Waals surface area contributed by atoms with Crippen LogP contribution in [0.5, 0.6) is 0 Å². The van der Waals surface area contributed by atoms with Gasteiger partial charge in [0.25, 0.3) is 5.91 Å². The van der Waals surface area contributed by atoms with E-state index in [-0.39, 0.29) is 5.91 Å². The van der Waals surface area contributed by atoms with Crippen LogP contribution in [0.4, 0.5) is 5.69 Å². The van der Waals surface area contributed by atoms with Crippen molar-refractivity contribution in [1.29, 1.82) is 0 Å². The summed E-state index contributed by atoms with van der Waals surface area (Å²) < 4.78 is 0. The molecule has 0 saturated heterocycles. The number of nitrogens with one attached hydrogen (secondary N) is 2. The summed E-state index contributed by atoms with van der Waals surface area (Å²) in [5.74, 6) is -0.0696. The predicted molar refractivity (Wildman–Crippen MR) is 85.4 cm³/mol. The third-order valence-electron chi connectivity index (χ3n) is 4.20. The maximum atomic E-state index is 12.2. The summed E-state index contributed by atoms with van der Waals surface area (Å²) in [6.45, 7) is 0. The summed E-state index contributed by atoms with van der Waals surface area (Å²) in [5, 5.41) is 3.52. The standard InChI is InChI=1S/C17H15ClN2O/c18-11-5-6-16-13(8-11)14(17(21)20-16)9-12-7-10-3-1-2-4-15(10)19-12/h5-9,19H,1-4H2,(H,20,21)/b14-9-. The fourth-order valence-electron chi connectivity index (χ4n) is 3.17. The lowest BCUT2D eigenvalue weighted by Crippen LogP contribution is -2.03. The van der Waals surface area contributed by atoms with Gasteiger partial charge in [-0.15, -0.1) is 0 Å². The minimum atomic E-state index is -0.0696. The van der Waals surface area contributed by atoms with E-state index in [1.165, 1.54) is 24.1 Å². The number of fused-ring (bicyclic) bond motifs is 2. The van der Waals surface area contributed by atoms with Crippen molar-refractivity contribution in [1.82, 2.24) is 4.98 Å². The molecule has 0 fully saturated rings. The lowest BCUT2D eigenvalue weighted by molar-refractivity contribution is -0.110. The van der Waals surface area contributed by atoms with Crippen molar-refractivity contribution in [3.8, 4) is 0 Å². The Bertz CT molecular complexity index is 750. The highest BCUT2D eigenvalue weighted by Crippen LogP contribution is 2.35. The molecule has 1 aliphatic heterocycles. The minimum absolute atomic E-state index is 0.0696. The van der Waals surface area contributed by atoms with Crippen LogP contribution < -0.4 is 5.32 Å². The number of carbonyl (C=O) groups is 1. The molecule has 1 aliphatic carbocycles. The normalized spacial score (nSPS) is 18.5. The first-order chi connectivity index (χ1) is 10.2. The Morgan fingerprint density at radius 2 is 2.00 bits per heavy atom. The number of amides is 1. The first-order valence-corrected chi connectivity index (χ1v) is 7.62. The number of aromatic nitrogens is 1. The number of anilines is 1. The van der Waals surface area contributed by atoms with Crippen LogP contribution in [-0.4, -0.2) is 10.9 Å². The molecule has 2 N–H and O–H groups in total. The topological polar surface area (TPSA) is 44.9 Å². The van der Waals surface area contributed by atoms with Crippen LogP contribution in [0, 0.1) is 0 Å². The highest BCUT2D eigenvalue weighted by Gasteiger charge is 2.24. The molecule has 21 heavy (non-hydrogen) atoms. The number of carbonyl (C=O) groups excluding carboxylic acids is 1. The van der Waals surface area contributed by atoms with Gasteiger partial charge in [-0.05, 0) is 61.6 Å². The van der Waals surface area contributed by atoms with Crippen molar-refractivity contribution in [2.75, 3.05) is 5.32 Å². The van der Waals surface area contributed by atoms with Crippen LogP contribution in [0.1, 0.15) is 35.4 Å². The second kappa shape index (κ2) is 4.78. The zero-order valence-corrected chi connectivity index (χ0v) is 12.3. The van der Waals surface area contributed by atoms with E-state index < -0.39 is 0 Å². The summed E-state index contributed by atoms with van der Waals surface area (Å²) >= 11 is 6.05. The Morgan fingerprint density at radius 1 is 1.14 bits per heavy atom. The Morgan fingerprint density at radius 3 is 2.86 bits per heavy atom. The fourth-order valence-corrected chi connectivity index (χ4v) is 3.34. The first kappa shape index (κ1) is 12.7. The molecule has 0 spiro atoms. The van der Waals surface area contributed by atoms with Crippen molar-refractivity contribution < 1.29 is 4.79 Å². The van der Waals surface area contributed by atoms with Crippen LogP contribution in [0.2, 0.25) is 5.02 Å². The van der Waals surface area contributed by atoms with Gasteiger partial charge in [-0.2, -0.15) is 0 Å². The van der Waals surface area contributed by atoms with E-state index in [0.29, 0.717) is 10.6 Å². The van der Waals surface area contributed by atoms with Gasteiger partial charge in [0.05, 0.1) is 5.57 Å². The Hall–Kier alpha value is -2.00. The first-order valence-electron chi connectivity index (χ1n) is 7.24. The van der Waals surface area contributed by atoms with Crippen LogP contribution in [-0.2, 0) is 17.6 Å². The summed E-state index contributed by atoms with van der Waals surface area (Å²) in [7, 11) is 0. The van der Waals surface area contributed by atoms with Crippen molar-refractivity contribution in [2.45, 2.75) is 25.7 Å². The van der Waals surface area contributed by atoms with E-state index in [4.69, 9.17) is 11.6 Å². The molecule has 0 bridgehead atoms. The van der Waals surface area contributed by atoms with Crippen molar-refractivity contribution >= 4 is 34.8 Å². The molecule has 2 aliphatic rings. The van der Waals surface area contributed by atoms with Crippen LogP contribution in [0.15, 0.2) is 24.3 Å². The van der Waals surface area contributed by atoms with Gasteiger partial charge in [-0.25, -0.2) is 0 Å². The monoisotopic (exact) mass is 298 g/mol. The molecule has 0 radical (unpaired) electrons. The van der Waals surface area contributed by atoms with E-state index in [9.17, 15) is 4.79 Å². The average Bonchev–Trinajstić information content (AvgIpc) is 3.01. The minimum Gasteiger partial charge on any atom is -0.359 e. The SMILES string of the molecule is O=C1Nc2ccc(Cl)cc2/C1=C/c1cc2c([nH]1)CCCC2. The predicted octanol–water partition coefficient (Wildman–Crippen LogP) is 4.04. The average molecular weight is 299 g/mol. The molecule has 2 heterocycles. The lowest BCUT2D eigenvalue weighted by atomic mass is 9.98. The van der Waals surface area contributed by atoms with Gasteiger partial charge in [0.1, 0.15) is 0 Å². The van der Waals surface area contributed by atoms with Gasteiger partial charge in [0.2, 0.25) is 0 Å².